The Labute approximate surface area is 187 Å². The highest BCUT2D eigenvalue weighted by molar-refractivity contribution is 7.89. The van der Waals surface area contributed by atoms with Gasteiger partial charge in [-0.1, -0.05) is 30.3 Å². The summed E-state index contributed by atoms with van der Waals surface area (Å²) in [6.07, 6.45) is 1.78. The lowest BCUT2D eigenvalue weighted by Gasteiger charge is -2.12. The van der Waals surface area contributed by atoms with E-state index in [0.29, 0.717) is 11.5 Å². The molecule has 8 heteroatoms. The molecular formula is C24H23NO6S. The van der Waals surface area contributed by atoms with Crippen molar-refractivity contribution in [1.82, 2.24) is 4.72 Å². The zero-order valence-electron chi connectivity index (χ0n) is 17.6. The molecule has 0 aromatic heterocycles. The van der Waals surface area contributed by atoms with E-state index in [1.54, 1.807) is 20.3 Å². The zero-order chi connectivity index (χ0) is 23.1. The number of sulfonamides is 1. The third-order valence-corrected chi connectivity index (χ3v) is 6.23. The number of benzene rings is 3. The molecule has 0 saturated carbocycles. The normalized spacial score (nSPS) is 10.9. The fourth-order valence-corrected chi connectivity index (χ4v) is 4.02. The quantitative estimate of drug-likeness (QED) is 0.511. The predicted octanol–water partition coefficient (Wildman–Crippen LogP) is 3.81. The highest BCUT2D eigenvalue weighted by Gasteiger charge is 2.14. The summed E-state index contributed by atoms with van der Waals surface area (Å²) in [7, 11) is -0.631. The number of carboxylic acid groups (broad SMARTS) is 1. The number of ether oxygens (including phenoxy) is 2. The van der Waals surface area contributed by atoms with Gasteiger partial charge in [0, 0.05) is 6.54 Å². The van der Waals surface area contributed by atoms with E-state index in [-0.39, 0.29) is 17.0 Å². The van der Waals surface area contributed by atoms with Gasteiger partial charge in [-0.15, -0.1) is 0 Å². The number of nitrogens with one attached hydrogen (secondary N) is 1. The van der Waals surface area contributed by atoms with Crippen LogP contribution in [0.1, 0.15) is 21.5 Å². The minimum Gasteiger partial charge on any atom is -0.497 e. The zero-order valence-corrected chi connectivity index (χ0v) is 18.4. The molecule has 0 radical (unpaired) electrons. The number of carboxylic acids is 1. The third-order valence-electron chi connectivity index (χ3n) is 4.79. The number of aromatic carboxylic acids is 1. The average molecular weight is 454 g/mol. The van der Waals surface area contributed by atoms with Crippen LogP contribution in [0.2, 0.25) is 0 Å². The standard InChI is InChI=1S/C24H23NO6S/c1-30-20-9-3-17(4-10-20)23(18-5-11-21(31-2)12-6-18)15-16-25-32(28,29)22-13-7-19(8-14-22)24(26)27/h3-15,25H,16H2,1-2H3,(H,26,27). The predicted molar refractivity (Wildman–Crippen MR) is 122 cm³/mol. The molecule has 0 fully saturated rings. The Bertz CT molecular complexity index is 1150. The van der Waals surface area contributed by atoms with Crippen LogP contribution in [0.4, 0.5) is 0 Å². The van der Waals surface area contributed by atoms with Crippen LogP contribution in [0.5, 0.6) is 11.5 Å². The highest BCUT2D eigenvalue weighted by Crippen LogP contribution is 2.27. The summed E-state index contributed by atoms with van der Waals surface area (Å²) in [5.41, 5.74) is 2.63. The summed E-state index contributed by atoms with van der Waals surface area (Å²) in [6.45, 7) is 0.0381. The van der Waals surface area contributed by atoms with Gasteiger partial charge in [-0.25, -0.2) is 17.9 Å². The topological polar surface area (TPSA) is 102 Å². The molecular weight excluding hydrogens is 430 g/mol. The fourth-order valence-electron chi connectivity index (χ4n) is 3.06. The molecule has 0 spiro atoms. The van der Waals surface area contributed by atoms with E-state index in [1.165, 1.54) is 24.3 Å². The van der Waals surface area contributed by atoms with Gasteiger partial charge in [0.1, 0.15) is 11.5 Å². The largest absolute Gasteiger partial charge is 0.497 e. The molecule has 0 heterocycles. The van der Waals surface area contributed by atoms with Gasteiger partial charge in [0.2, 0.25) is 10.0 Å². The van der Waals surface area contributed by atoms with Crippen molar-refractivity contribution in [2.45, 2.75) is 4.90 Å². The summed E-state index contributed by atoms with van der Waals surface area (Å²) >= 11 is 0. The fraction of sp³-hybridized carbons (Fsp3) is 0.125. The van der Waals surface area contributed by atoms with Gasteiger partial charge in [-0.2, -0.15) is 0 Å². The molecule has 166 valence electrons. The Balaban J connectivity index is 1.86. The second kappa shape index (κ2) is 10.1. The smallest absolute Gasteiger partial charge is 0.335 e. The monoisotopic (exact) mass is 453 g/mol. The van der Waals surface area contributed by atoms with Crippen LogP contribution < -0.4 is 14.2 Å². The van der Waals surface area contributed by atoms with Gasteiger partial charge in [0.05, 0.1) is 24.7 Å². The molecule has 0 atom stereocenters. The van der Waals surface area contributed by atoms with Gasteiger partial charge in [0.15, 0.2) is 0 Å². The van der Waals surface area contributed by atoms with Crippen molar-refractivity contribution in [2.24, 2.45) is 0 Å². The summed E-state index contributed by atoms with van der Waals surface area (Å²) in [4.78, 5) is 11.0. The van der Waals surface area contributed by atoms with Crippen molar-refractivity contribution in [1.29, 1.82) is 0 Å². The summed E-state index contributed by atoms with van der Waals surface area (Å²) in [5, 5.41) is 8.97. The van der Waals surface area contributed by atoms with Gasteiger partial charge < -0.3 is 14.6 Å². The highest BCUT2D eigenvalue weighted by atomic mass is 32.2. The molecule has 2 N–H and O–H groups in total. The summed E-state index contributed by atoms with van der Waals surface area (Å²) < 4.78 is 38.2. The number of hydrogen-bond acceptors (Lipinski definition) is 5. The molecule has 0 aliphatic heterocycles. The summed E-state index contributed by atoms with van der Waals surface area (Å²) in [5.74, 6) is 0.315. The first-order chi connectivity index (χ1) is 15.3. The molecule has 0 unspecified atom stereocenters. The Morgan fingerprint density at radius 2 is 1.25 bits per heavy atom. The van der Waals surface area contributed by atoms with E-state index in [0.717, 1.165) is 16.7 Å². The Kier molecular flexibility index (Phi) is 7.29. The minimum absolute atomic E-state index is 0.00801. The van der Waals surface area contributed by atoms with Crippen LogP contribution in [0.15, 0.2) is 83.8 Å². The van der Waals surface area contributed by atoms with E-state index in [2.05, 4.69) is 4.72 Å². The first-order valence-corrected chi connectivity index (χ1v) is 11.1. The maximum atomic E-state index is 12.6. The lowest BCUT2D eigenvalue weighted by Crippen LogP contribution is -2.24. The van der Waals surface area contributed by atoms with Crippen LogP contribution in [0.3, 0.4) is 0 Å². The first kappa shape index (κ1) is 23.1. The van der Waals surface area contributed by atoms with Crippen molar-refractivity contribution in [3.8, 4) is 11.5 Å². The van der Waals surface area contributed by atoms with Gasteiger partial charge in [-0.3, -0.25) is 0 Å². The third kappa shape index (κ3) is 5.54. The molecule has 7 nitrogen and oxygen atoms in total. The molecule has 0 amide bonds. The van der Waals surface area contributed by atoms with Gasteiger partial charge in [-0.05, 0) is 65.2 Å². The molecule has 0 saturated heterocycles. The molecule has 0 bridgehead atoms. The lowest BCUT2D eigenvalue weighted by atomic mass is 9.97. The summed E-state index contributed by atoms with van der Waals surface area (Å²) in [6, 6.07) is 20.0. The van der Waals surface area contributed by atoms with Crippen molar-refractivity contribution < 1.29 is 27.8 Å². The van der Waals surface area contributed by atoms with Gasteiger partial charge >= 0.3 is 5.97 Å². The van der Waals surface area contributed by atoms with Crippen molar-refractivity contribution in [2.75, 3.05) is 20.8 Å². The second-order valence-corrected chi connectivity index (χ2v) is 8.52. The van der Waals surface area contributed by atoms with Gasteiger partial charge in [0.25, 0.3) is 0 Å². The minimum atomic E-state index is -3.81. The maximum absolute atomic E-state index is 12.6. The Morgan fingerprint density at radius 3 is 1.66 bits per heavy atom. The van der Waals surface area contributed by atoms with Crippen LogP contribution in [0.25, 0.3) is 5.57 Å². The van der Waals surface area contributed by atoms with Crippen LogP contribution in [-0.4, -0.2) is 40.3 Å². The van der Waals surface area contributed by atoms with Crippen molar-refractivity contribution in [3.05, 3.63) is 95.6 Å². The lowest BCUT2D eigenvalue weighted by molar-refractivity contribution is 0.0696. The Hall–Kier alpha value is -3.62. The number of rotatable bonds is 9. The van der Waals surface area contributed by atoms with Crippen molar-refractivity contribution in [3.63, 3.8) is 0 Å². The Morgan fingerprint density at radius 1 is 0.812 bits per heavy atom. The van der Waals surface area contributed by atoms with E-state index in [1.807, 2.05) is 48.5 Å². The van der Waals surface area contributed by atoms with E-state index in [9.17, 15) is 13.2 Å². The van der Waals surface area contributed by atoms with E-state index in [4.69, 9.17) is 14.6 Å². The van der Waals surface area contributed by atoms with Crippen LogP contribution >= 0.6 is 0 Å². The van der Waals surface area contributed by atoms with E-state index < -0.39 is 16.0 Å². The van der Waals surface area contributed by atoms with Crippen LogP contribution in [0, 0.1) is 0 Å². The molecule has 0 aliphatic carbocycles. The first-order valence-electron chi connectivity index (χ1n) is 9.66. The maximum Gasteiger partial charge on any atom is 0.335 e. The van der Waals surface area contributed by atoms with Crippen LogP contribution in [-0.2, 0) is 10.0 Å². The second-order valence-electron chi connectivity index (χ2n) is 6.76. The molecule has 3 aromatic carbocycles. The number of carbonyl (C=O) groups is 1. The molecule has 32 heavy (non-hydrogen) atoms. The number of methoxy groups -OCH3 is 2. The molecule has 3 rings (SSSR count). The molecule has 3 aromatic rings. The van der Waals surface area contributed by atoms with Crippen molar-refractivity contribution >= 4 is 21.6 Å². The SMILES string of the molecule is COc1ccc(C(=CCNS(=O)(=O)c2ccc(C(=O)O)cc2)c2ccc(OC)cc2)cc1. The average Bonchev–Trinajstić information content (AvgIpc) is 2.82. The van der Waals surface area contributed by atoms with E-state index >= 15 is 0 Å². The molecule has 0 aliphatic rings. The number of hydrogen-bond donors (Lipinski definition) is 2.